The van der Waals surface area contributed by atoms with E-state index in [9.17, 15) is 13.2 Å². The van der Waals surface area contributed by atoms with E-state index < -0.39 is 23.5 Å². The normalized spacial score (nSPS) is 12.7. The van der Waals surface area contributed by atoms with Crippen LogP contribution >= 0.6 is 0 Å². The van der Waals surface area contributed by atoms with Crippen LogP contribution in [0.1, 0.15) is 23.1 Å². The molecule has 0 saturated heterocycles. The number of hydrogen-bond donors (Lipinski definition) is 1. The van der Waals surface area contributed by atoms with Crippen LogP contribution in [0.15, 0.2) is 28.7 Å². The molecule has 1 aromatic carbocycles. The monoisotopic (exact) mass is 255 g/mol. The van der Waals surface area contributed by atoms with Gasteiger partial charge in [-0.15, -0.1) is 0 Å². The van der Waals surface area contributed by atoms with Crippen LogP contribution in [0.2, 0.25) is 0 Å². The van der Waals surface area contributed by atoms with Crippen molar-refractivity contribution < 1.29 is 17.6 Å². The number of rotatable bonds is 3. The Hall–Kier alpha value is -1.75. The molecule has 5 heteroatoms. The second-order valence-corrected chi connectivity index (χ2v) is 3.97. The summed E-state index contributed by atoms with van der Waals surface area (Å²) in [5.74, 6) is -2.69. The van der Waals surface area contributed by atoms with Crippen molar-refractivity contribution in [1.29, 1.82) is 0 Å². The molecule has 2 rings (SSSR count). The Labute approximate surface area is 102 Å². The molecule has 0 spiro atoms. The Morgan fingerprint density at radius 3 is 2.17 bits per heavy atom. The van der Waals surface area contributed by atoms with E-state index in [0.717, 1.165) is 12.1 Å². The zero-order valence-corrected chi connectivity index (χ0v) is 9.93. The third-order valence-electron chi connectivity index (χ3n) is 2.67. The van der Waals surface area contributed by atoms with E-state index in [2.05, 4.69) is 5.32 Å². The second-order valence-electron chi connectivity index (χ2n) is 3.97. The van der Waals surface area contributed by atoms with Crippen molar-refractivity contribution in [3.63, 3.8) is 0 Å². The lowest BCUT2D eigenvalue weighted by Gasteiger charge is -2.14. The molecule has 0 aliphatic heterocycles. The van der Waals surface area contributed by atoms with Gasteiger partial charge in [0.2, 0.25) is 0 Å². The summed E-state index contributed by atoms with van der Waals surface area (Å²) < 4.78 is 44.7. The summed E-state index contributed by atoms with van der Waals surface area (Å²) in [6.45, 7) is 1.77. The van der Waals surface area contributed by atoms with Gasteiger partial charge in [0, 0.05) is 0 Å². The van der Waals surface area contributed by atoms with Crippen LogP contribution < -0.4 is 5.32 Å². The van der Waals surface area contributed by atoms with E-state index in [4.69, 9.17) is 4.42 Å². The fourth-order valence-electron chi connectivity index (χ4n) is 1.82. The lowest BCUT2D eigenvalue weighted by atomic mass is 10.0. The van der Waals surface area contributed by atoms with Crippen molar-refractivity contribution in [3.05, 3.63) is 58.8 Å². The average molecular weight is 255 g/mol. The predicted molar refractivity (Wildman–Crippen MR) is 60.7 cm³/mol. The highest BCUT2D eigenvalue weighted by Gasteiger charge is 2.19. The fourth-order valence-corrected chi connectivity index (χ4v) is 1.82. The first-order valence-corrected chi connectivity index (χ1v) is 5.41. The van der Waals surface area contributed by atoms with Gasteiger partial charge in [-0.05, 0) is 43.8 Å². The smallest absolute Gasteiger partial charge is 0.194 e. The molecule has 1 N–H and O–H groups in total. The first-order valence-electron chi connectivity index (χ1n) is 5.41. The maximum atomic E-state index is 13.2. The molecule has 1 heterocycles. The molecule has 0 radical (unpaired) electrons. The van der Waals surface area contributed by atoms with Crippen molar-refractivity contribution in [1.82, 2.24) is 5.32 Å². The fraction of sp³-hybridized carbons (Fsp3) is 0.231. The Morgan fingerprint density at radius 1 is 1.11 bits per heavy atom. The van der Waals surface area contributed by atoms with E-state index in [1.807, 2.05) is 0 Å². The average Bonchev–Trinajstić information content (AvgIpc) is 2.73. The van der Waals surface area contributed by atoms with Gasteiger partial charge in [-0.1, -0.05) is 0 Å². The minimum Gasteiger partial charge on any atom is -0.464 e. The van der Waals surface area contributed by atoms with Crippen molar-refractivity contribution in [2.45, 2.75) is 13.0 Å². The topological polar surface area (TPSA) is 25.2 Å². The van der Waals surface area contributed by atoms with Crippen molar-refractivity contribution in [3.8, 4) is 0 Å². The highest BCUT2D eigenvalue weighted by molar-refractivity contribution is 5.29. The van der Waals surface area contributed by atoms with Gasteiger partial charge in [0.1, 0.15) is 11.5 Å². The molecular weight excluding hydrogens is 243 g/mol. The third kappa shape index (κ3) is 2.26. The number of nitrogens with one attached hydrogen (secondary N) is 1. The molecule has 0 amide bonds. The largest absolute Gasteiger partial charge is 0.464 e. The van der Waals surface area contributed by atoms with E-state index in [1.54, 1.807) is 26.1 Å². The van der Waals surface area contributed by atoms with Gasteiger partial charge < -0.3 is 9.73 Å². The highest BCUT2D eigenvalue weighted by atomic mass is 19.2. The van der Waals surface area contributed by atoms with Crippen LogP contribution in [0.25, 0.3) is 0 Å². The number of benzene rings is 1. The molecular formula is C13H12F3NO. The van der Waals surface area contributed by atoms with Crippen LogP contribution in [0, 0.1) is 24.4 Å². The summed E-state index contributed by atoms with van der Waals surface area (Å²) in [4.78, 5) is 0. The Kier molecular flexibility index (Phi) is 3.43. The van der Waals surface area contributed by atoms with Crippen LogP contribution in [-0.2, 0) is 0 Å². The molecule has 0 saturated carbocycles. The van der Waals surface area contributed by atoms with Gasteiger partial charge in [-0.3, -0.25) is 0 Å². The molecule has 0 aliphatic carbocycles. The summed E-state index contributed by atoms with van der Waals surface area (Å²) in [6, 6.07) is 4.84. The summed E-state index contributed by atoms with van der Waals surface area (Å²) in [7, 11) is 1.63. The quantitative estimate of drug-likeness (QED) is 0.851. The van der Waals surface area contributed by atoms with Gasteiger partial charge in [-0.2, -0.15) is 0 Å². The van der Waals surface area contributed by atoms with E-state index >= 15 is 0 Å². The van der Waals surface area contributed by atoms with Crippen LogP contribution in [-0.4, -0.2) is 7.05 Å². The Morgan fingerprint density at radius 2 is 1.72 bits per heavy atom. The minimum atomic E-state index is -1.47. The standard InChI is InChI=1S/C13H12F3NO/c1-7-3-4-11(18-7)13(17-2)8-5-9(14)12(16)10(15)6-8/h3-6,13,17H,1-2H3. The maximum Gasteiger partial charge on any atom is 0.194 e. The summed E-state index contributed by atoms with van der Waals surface area (Å²) in [5, 5.41) is 2.87. The second kappa shape index (κ2) is 4.86. The van der Waals surface area contributed by atoms with E-state index in [0.29, 0.717) is 11.5 Å². The Bertz CT molecular complexity index is 542. The van der Waals surface area contributed by atoms with Crippen molar-refractivity contribution in [2.24, 2.45) is 0 Å². The molecule has 1 unspecified atom stereocenters. The van der Waals surface area contributed by atoms with Crippen LogP contribution in [0.3, 0.4) is 0 Å². The molecule has 18 heavy (non-hydrogen) atoms. The van der Waals surface area contributed by atoms with Gasteiger partial charge in [-0.25, -0.2) is 13.2 Å². The van der Waals surface area contributed by atoms with Crippen LogP contribution in [0.4, 0.5) is 13.2 Å². The molecule has 0 bridgehead atoms. The third-order valence-corrected chi connectivity index (χ3v) is 2.67. The van der Waals surface area contributed by atoms with Gasteiger partial charge >= 0.3 is 0 Å². The van der Waals surface area contributed by atoms with E-state index in [-0.39, 0.29) is 5.56 Å². The zero-order valence-electron chi connectivity index (χ0n) is 9.93. The predicted octanol–water partition coefficient (Wildman–Crippen LogP) is 3.31. The summed E-state index contributed by atoms with van der Waals surface area (Å²) >= 11 is 0. The van der Waals surface area contributed by atoms with Gasteiger partial charge in [0.15, 0.2) is 17.5 Å². The number of halogens is 3. The summed E-state index contributed by atoms with van der Waals surface area (Å²) in [5.41, 5.74) is 0.267. The molecule has 1 aromatic heterocycles. The SMILES string of the molecule is CNC(c1cc(F)c(F)c(F)c1)c1ccc(C)o1. The maximum absolute atomic E-state index is 13.2. The zero-order chi connectivity index (χ0) is 13.3. The molecule has 1 atom stereocenters. The number of aryl methyl sites for hydroxylation is 1. The molecule has 2 nitrogen and oxygen atoms in total. The van der Waals surface area contributed by atoms with Gasteiger partial charge in [0.25, 0.3) is 0 Å². The van der Waals surface area contributed by atoms with E-state index in [1.165, 1.54) is 0 Å². The summed E-state index contributed by atoms with van der Waals surface area (Å²) in [6.07, 6.45) is 0. The minimum absolute atomic E-state index is 0.267. The van der Waals surface area contributed by atoms with Crippen LogP contribution in [0.5, 0.6) is 0 Å². The van der Waals surface area contributed by atoms with Crippen molar-refractivity contribution >= 4 is 0 Å². The lowest BCUT2D eigenvalue weighted by Crippen LogP contribution is -2.17. The number of furan rings is 1. The molecule has 0 aliphatic rings. The lowest BCUT2D eigenvalue weighted by molar-refractivity contribution is 0.428. The number of hydrogen-bond acceptors (Lipinski definition) is 2. The van der Waals surface area contributed by atoms with Gasteiger partial charge in [0.05, 0.1) is 6.04 Å². The Balaban J connectivity index is 2.45. The molecule has 0 fully saturated rings. The first kappa shape index (κ1) is 12.7. The molecule has 96 valence electrons. The van der Waals surface area contributed by atoms with Crippen molar-refractivity contribution in [2.75, 3.05) is 7.05 Å². The molecule has 2 aromatic rings. The highest BCUT2D eigenvalue weighted by Crippen LogP contribution is 2.26. The first-order chi connectivity index (χ1) is 8.52.